The average molecular weight is 256 g/mol. The normalized spacial score (nSPS) is 48.1. The lowest BCUT2D eigenvalue weighted by Gasteiger charge is -2.54. The Morgan fingerprint density at radius 3 is 2.00 bits per heavy atom. The molecule has 0 aromatic rings. The number of aliphatic carboxylic acids is 1. The van der Waals surface area contributed by atoms with E-state index >= 15 is 0 Å². The van der Waals surface area contributed by atoms with E-state index in [0.29, 0.717) is 32.7 Å². The monoisotopic (exact) mass is 256 g/mol. The van der Waals surface area contributed by atoms with Crippen LogP contribution in [0.5, 0.6) is 0 Å². The summed E-state index contributed by atoms with van der Waals surface area (Å²) in [4.78, 5) is 10.9. The van der Waals surface area contributed by atoms with E-state index in [1.54, 1.807) is 0 Å². The molecule has 0 amide bonds. The van der Waals surface area contributed by atoms with Gasteiger partial charge in [-0.15, -0.1) is 0 Å². The minimum Gasteiger partial charge on any atom is -0.481 e. The SMILES string of the molecule is CC12COC(C3CCC(C(=O)O)CC3)(OC1)OC2. The van der Waals surface area contributed by atoms with Crippen LogP contribution in [-0.2, 0) is 19.0 Å². The highest BCUT2D eigenvalue weighted by Crippen LogP contribution is 2.47. The third-order valence-electron chi connectivity index (χ3n) is 4.44. The van der Waals surface area contributed by atoms with Crippen LogP contribution in [0.15, 0.2) is 0 Å². The molecular formula is C13H20O5. The summed E-state index contributed by atoms with van der Waals surface area (Å²) in [7, 11) is 0. The van der Waals surface area contributed by atoms with Gasteiger partial charge in [0.1, 0.15) is 0 Å². The van der Waals surface area contributed by atoms with Crippen molar-refractivity contribution in [2.75, 3.05) is 19.8 Å². The van der Waals surface area contributed by atoms with Gasteiger partial charge in [-0.25, -0.2) is 0 Å². The van der Waals surface area contributed by atoms with Crippen molar-refractivity contribution in [1.29, 1.82) is 0 Å². The molecule has 0 atom stereocenters. The Morgan fingerprint density at radius 2 is 1.56 bits per heavy atom. The second-order valence-electron chi connectivity index (χ2n) is 6.17. The van der Waals surface area contributed by atoms with Gasteiger partial charge in [-0.05, 0) is 25.7 Å². The first-order valence-corrected chi connectivity index (χ1v) is 6.68. The number of carboxylic acids is 1. The minimum atomic E-state index is -0.888. The molecule has 18 heavy (non-hydrogen) atoms. The van der Waals surface area contributed by atoms with E-state index in [2.05, 4.69) is 6.92 Å². The molecule has 5 heteroatoms. The molecular weight excluding hydrogens is 236 g/mol. The Bertz CT molecular complexity index is 321. The van der Waals surface area contributed by atoms with Crippen LogP contribution in [0.4, 0.5) is 0 Å². The highest BCUT2D eigenvalue weighted by atomic mass is 16.9. The van der Waals surface area contributed by atoms with Gasteiger partial charge in [-0.3, -0.25) is 4.79 Å². The smallest absolute Gasteiger partial charge is 0.306 e. The van der Waals surface area contributed by atoms with E-state index in [1.807, 2.05) is 0 Å². The second-order valence-corrected chi connectivity index (χ2v) is 6.17. The fourth-order valence-electron chi connectivity index (χ4n) is 3.12. The van der Waals surface area contributed by atoms with E-state index in [9.17, 15) is 4.79 Å². The summed E-state index contributed by atoms with van der Waals surface area (Å²) in [6.45, 7) is 4.11. The zero-order valence-electron chi connectivity index (χ0n) is 10.7. The van der Waals surface area contributed by atoms with E-state index in [-0.39, 0.29) is 17.3 Å². The molecule has 5 nitrogen and oxygen atoms in total. The van der Waals surface area contributed by atoms with Crippen molar-refractivity contribution in [2.24, 2.45) is 17.3 Å². The molecule has 1 N–H and O–H groups in total. The number of hydrogen-bond acceptors (Lipinski definition) is 4. The van der Waals surface area contributed by atoms with Gasteiger partial charge in [-0.2, -0.15) is 0 Å². The summed E-state index contributed by atoms with van der Waals surface area (Å²) in [6.07, 6.45) is 2.98. The van der Waals surface area contributed by atoms with Crippen molar-refractivity contribution < 1.29 is 24.1 Å². The van der Waals surface area contributed by atoms with Crippen LogP contribution < -0.4 is 0 Å². The maximum Gasteiger partial charge on any atom is 0.306 e. The van der Waals surface area contributed by atoms with Crippen molar-refractivity contribution in [3.05, 3.63) is 0 Å². The summed E-state index contributed by atoms with van der Waals surface area (Å²) in [6, 6.07) is 0. The fourth-order valence-corrected chi connectivity index (χ4v) is 3.12. The van der Waals surface area contributed by atoms with Crippen molar-refractivity contribution in [1.82, 2.24) is 0 Å². The number of hydrogen-bond donors (Lipinski definition) is 1. The van der Waals surface area contributed by atoms with Gasteiger partial charge >= 0.3 is 5.97 Å². The zero-order valence-corrected chi connectivity index (χ0v) is 10.7. The number of carbonyl (C=O) groups is 1. The Hall–Kier alpha value is -0.650. The highest BCUT2D eigenvalue weighted by Gasteiger charge is 2.55. The molecule has 3 saturated heterocycles. The molecule has 4 fully saturated rings. The summed E-state index contributed by atoms with van der Waals surface area (Å²) in [5, 5.41) is 9.00. The molecule has 0 spiro atoms. The molecule has 1 saturated carbocycles. The van der Waals surface area contributed by atoms with Crippen molar-refractivity contribution >= 4 is 5.97 Å². The summed E-state index contributed by atoms with van der Waals surface area (Å²) in [5.41, 5.74) is -0.0139. The van der Waals surface area contributed by atoms with Gasteiger partial charge in [0.2, 0.25) is 0 Å². The first-order valence-electron chi connectivity index (χ1n) is 6.68. The predicted octanol–water partition coefficient (Wildman–Crippen LogP) is 1.61. The van der Waals surface area contributed by atoms with Crippen LogP contribution in [0.3, 0.4) is 0 Å². The fraction of sp³-hybridized carbons (Fsp3) is 0.923. The van der Waals surface area contributed by atoms with Crippen LogP contribution in [0.1, 0.15) is 32.6 Å². The summed E-state index contributed by atoms with van der Waals surface area (Å²) < 4.78 is 17.4. The van der Waals surface area contributed by atoms with Crippen LogP contribution >= 0.6 is 0 Å². The van der Waals surface area contributed by atoms with Gasteiger partial charge in [0.15, 0.2) is 0 Å². The Morgan fingerprint density at radius 1 is 1.06 bits per heavy atom. The van der Waals surface area contributed by atoms with Crippen molar-refractivity contribution in [3.63, 3.8) is 0 Å². The van der Waals surface area contributed by atoms with Crippen molar-refractivity contribution in [3.8, 4) is 0 Å². The molecule has 4 aliphatic rings. The lowest BCUT2D eigenvalue weighted by atomic mass is 9.79. The first kappa shape index (κ1) is 12.4. The molecule has 0 aromatic carbocycles. The van der Waals surface area contributed by atoms with Crippen molar-refractivity contribution in [2.45, 2.75) is 38.6 Å². The maximum absolute atomic E-state index is 10.9. The van der Waals surface area contributed by atoms with Gasteiger partial charge in [0.25, 0.3) is 5.97 Å². The number of ether oxygens (including phenoxy) is 3. The summed E-state index contributed by atoms with van der Waals surface area (Å²) >= 11 is 0. The molecule has 0 aromatic heterocycles. The van der Waals surface area contributed by atoms with Crippen LogP contribution in [0.25, 0.3) is 0 Å². The number of rotatable bonds is 2. The Kier molecular flexibility index (Phi) is 2.88. The summed E-state index contributed by atoms with van der Waals surface area (Å²) in [5.74, 6) is -1.62. The van der Waals surface area contributed by atoms with E-state index in [1.165, 1.54) is 0 Å². The third-order valence-corrected chi connectivity index (χ3v) is 4.44. The van der Waals surface area contributed by atoms with E-state index in [0.717, 1.165) is 12.8 Å². The van der Waals surface area contributed by atoms with Gasteiger partial charge in [0.05, 0.1) is 25.7 Å². The number of fused-ring (bicyclic) bond motifs is 3. The van der Waals surface area contributed by atoms with Gasteiger partial charge in [-0.1, -0.05) is 6.92 Å². The topological polar surface area (TPSA) is 65.0 Å². The van der Waals surface area contributed by atoms with Crippen LogP contribution in [-0.4, -0.2) is 36.9 Å². The highest BCUT2D eigenvalue weighted by molar-refractivity contribution is 5.69. The Labute approximate surface area is 106 Å². The number of carboxylic acid groups (broad SMARTS) is 1. The standard InChI is InChI=1S/C13H20O5/c1-12-6-16-13(17-7-12,18-8-12)10-4-2-9(3-5-10)11(14)15/h9-10H,2-8H2,1H3,(H,14,15). The average Bonchev–Trinajstić information content (AvgIpc) is 2.40. The molecule has 4 rings (SSSR count). The molecule has 0 radical (unpaired) electrons. The van der Waals surface area contributed by atoms with Gasteiger partial charge < -0.3 is 19.3 Å². The lowest BCUT2D eigenvalue weighted by Crippen LogP contribution is -2.62. The first-order chi connectivity index (χ1) is 8.53. The molecule has 0 unspecified atom stereocenters. The Balaban J connectivity index is 1.65. The molecule has 102 valence electrons. The van der Waals surface area contributed by atoms with Crippen LogP contribution in [0.2, 0.25) is 0 Å². The quantitative estimate of drug-likeness (QED) is 0.813. The predicted molar refractivity (Wildman–Crippen MR) is 61.8 cm³/mol. The molecule has 3 heterocycles. The molecule has 1 aliphatic carbocycles. The molecule has 2 bridgehead atoms. The third kappa shape index (κ3) is 1.94. The van der Waals surface area contributed by atoms with Gasteiger partial charge in [0, 0.05) is 11.3 Å². The second kappa shape index (κ2) is 4.18. The zero-order chi connectivity index (χ0) is 12.8. The van der Waals surface area contributed by atoms with E-state index < -0.39 is 11.9 Å². The van der Waals surface area contributed by atoms with E-state index in [4.69, 9.17) is 19.3 Å². The van der Waals surface area contributed by atoms with Crippen LogP contribution in [0, 0.1) is 17.3 Å². The maximum atomic E-state index is 10.9. The minimum absolute atomic E-state index is 0.0139. The lowest BCUT2D eigenvalue weighted by molar-refractivity contribution is -0.486. The largest absolute Gasteiger partial charge is 0.481 e. The molecule has 3 aliphatic heterocycles.